The van der Waals surface area contributed by atoms with Gasteiger partial charge >= 0.3 is 5.97 Å². The van der Waals surface area contributed by atoms with E-state index in [1.807, 2.05) is 32.1 Å². The summed E-state index contributed by atoms with van der Waals surface area (Å²) in [6, 6.07) is 4.98. The summed E-state index contributed by atoms with van der Waals surface area (Å²) >= 11 is 0. The number of halogens is 2. The molecule has 2 heterocycles. The van der Waals surface area contributed by atoms with Crippen LogP contribution in [0.4, 0.5) is 8.78 Å². The molecule has 178 valence electrons. The Bertz CT molecular complexity index is 1010. The second-order valence-corrected chi connectivity index (χ2v) is 10.1. The number of hydrogen-bond donors (Lipinski definition) is 1. The maximum absolute atomic E-state index is 14.4. The zero-order valence-electron chi connectivity index (χ0n) is 19.8. The van der Waals surface area contributed by atoms with Crippen LogP contribution >= 0.6 is 0 Å². The molecule has 6 nitrogen and oxygen atoms in total. The van der Waals surface area contributed by atoms with Gasteiger partial charge in [0.1, 0.15) is 6.04 Å². The van der Waals surface area contributed by atoms with Crippen LogP contribution in [0.25, 0.3) is 5.57 Å². The Morgan fingerprint density at radius 2 is 1.82 bits per heavy atom. The number of nitriles is 1. The predicted octanol–water partition coefficient (Wildman–Crippen LogP) is 4.00. The van der Waals surface area contributed by atoms with Crippen LogP contribution in [0.15, 0.2) is 18.2 Å². The van der Waals surface area contributed by atoms with Crippen molar-refractivity contribution in [3.05, 3.63) is 40.5 Å². The number of carboxylic acid groups (broad SMARTS) is 1. The summed E-state index contributed by atoms with van der Waals surface area (Å²) in [6.45, 7) is 8.95. The molecule has 1 amide bonds. The first-order valence-electron chi connectivity index (χ1n) is 11.1. The van der Waals surface area contributed by atoms with Gasteiger partial charge in [-0.05, 0) is 63.3 Å². The van der Waals surface area contributed by atoms with Crippen molar-refractivity contribution < 1.29 is 23.5 Å². The number of carbonyl (C=O) groups is 2. The Kier molecular flexibility index (Phi) is 6.67. The summed E-state index contributed by atoms with van der Waals surface area (Å²) in [5, 5.41) is 19.0. The Hall–Kier alpha value is -2.79. The van der Waals surface area contributed by atoms with E-state index in [1.165, 1.54) is 4.90 Å². The first-order chi connectivity index (χ1) is 15.2. The third-order valence-electron chi connectivity index (χ3n) is 6.61. The van der Waals surface area contributed by atoms with Gasteiger partial charge < -0.3 is 10.0 Å². The quantitative estimate of drug-likeness (QED) is 0.739. The molecule has 2 aliphatic rings. The molecule has 33 heavy (non-hydrogen) atoms. The van der Waals surface area contributed by atoms with Crippen LogP contribution in [0.3, 0.4) is 0 Å². The number of amides is 1. The lowest BCUT2D eigenvalue weighted by Crippen LogP contribution is -2.66. The molecule has 1 N–H and O–H groups in total. The van der Waals surface area contributed by atoms with E-state index in [2.05, 4.69) is 6.07 Å². The first-order valence-corrected chi connectivity index (χ1v) is 11.1. The highest BCUT2D eigenvalue weighted by atomic mass is 19.3. The monoisotopic (exact) mass is 459 g/mol. The minimum Gasteiger partial charge on any atom is -0.481 e. The number of alkyl halides is 2. The Morgan fingerprint density at radius 1 is 1.21 bits per heavy atom. The van der Waals surface area contributed by atoms with Crippen molar-refractivity contribution in [1.82, 2.24) is 9.80 Å². The summed E-state index contributed by atoms with van der Waals surface area (Å²) in [7, 11) is 0. The number of benzene rings is 1. The van der Waals surface area contributed by atoms with Gasteiger partial charge in [-0.15, -0.1) is 0 Å². The van der Waals surface area contributed by atoms with Crippen LogP contribution in [-0.4, -0.2) is 63.9 Å². The average molecular weight is 460 g/mol. The number of carbonyl (C=O) groups excluding carboxylic acids is 1. The van der Waals surface area contributed by atoms with E-state index >= 15 is 0 Å². The van der Waals surface area contributed by atoms with Crippen molar-refractivity contribution in [3.63, 3.8) is 0 Å². The highest BCUT2D eigenvalue weighted by Gasteiger charge is 2.54. The van der Waals surface area contributed by atoms with Crippen molar-refractivity contribution in [1.29, 1.82) is 5.26 Å². The zero-order chi connectivity index (χ0) is 24.7. The van der Waals surface area contributed by atoms with E-state index in [4.69, 9.17) is 0 Å². The molecule has 0 aromatic heterocycles. The number of hydrogen-bond acceptors (Lipinski definition) is 4. The van der Waals surface area contributed by atoms with E-state index in [-0.39, 0.29) is 6.54 Å². The summed E-state index contributed by atoms with van der Waals surface area (Å²) in [6.07, 6.45) is 1.65. The molecule has 1 saturated heterocycles. The van der Waals surface area contributed by atoms with E-state index in [9.17, 15) is 28.7 Å². The van der Waals surface area contributed by atoms with Crippen molar-refractivity contribution in [3.8, 4) is 6.07 Å². The fourth-order valence-corrected chi connectivity index (χ4v) is 4.89. The normalized spacial score (nSPS) is 23.6. The van der Waals surface area contributed by atoms with Crippen molar-refractivity contribution in [2.75, 3.05) is 19.6 Å². The van der Waals surface area contributed by atoms with Crippen LogP contribution in [0.5, 0.6) is 0 Å². The number of nitrogens with zero attached hydrogens (tertiary/aromatic N) is 3. The largest absolute Gasteiger partial charge is 0.481 e. The molecule has 0 saturated carbocycles. The van der Waals surface area contributed by atoms with Crippen LogP contribution in [0.1, 0.15) is 55.9 Å². The Morgan fingerprint density at radius 3 is 2.27 bits per heavy atom. The molecule has 0 radical (unpaired) electrons. The maximum atomic E-state index is 14.4. The van der Waals surface area contributed by atoms with E-state index in [0.29, 0.717) is 18.5 Å². The van der Waals surface area contributed by atoms with Gasteiger partial charge in [0.15, 0.2) is 0 Å². The van der Waals surface area contributed by atoms with Gasteiger partial charge in [-0.2, -0.15) is 5.26 Å². The van der Waals surface area contributed by atoms with Gasteiger partial charge in [0.25, 0.3) is 5.92 Å². The second-order valence-electron chi connectivity index (χ2n) is 10.1. The molecule has 0 spiro atoms. The van der Waals surface area contributed by atoms with E-state index < -0.39 is 48.3 Å². The molecule has 0 unspecified atom stereocenters. The lowest BCUT2D eigenvalue weighted by molar-refractivity contribution is -0.177. The standard InChI is InChI=1S/C25H31F2N3O3/c1-15-10-18(11-16(2)20(15)13-28)17-6-8-29(9-7-17)22(31)21-19(23(32)33)12-25(26,27)14-30(21)24(3,4)5/h6,10-11,19,21H,7-9,12,14H2,1-5H3,(H,32,33)/t19-,21-/m0/s1. The summed E-state index contributed by atoms with van der Waals surface area (Å²) in [4.78, 5) is 28.3. The highest BCUT2D eigenvalue weighted by Crippen LogP contribution is 2.39. The molecule has 8 heteroatoms. The van der Waals surface area contributed by atoms with E-state index in [1.54, 1.807) is 25.7 Å². The molecule has 3 rings (SSSR count). The smallest absolute Gasteiger partial charge is 0.308 e. The highest BCUT2D eigenvalue weighted by molar-refractivity contribution is 5.89. The third-order valence-corrected chi connectivity index (χ3v) is 6.61. The van der Waals surface area contributed by atoms with Crippen LogP contribution in [-0.2, 0) is 9.59 Å². The summed E-state index contributed by atoms with van der Waals surface area (Å²) in [5.74, 6) is -6.45. The third kappa shape index (κ3) is 5.09. The first kappa shape index (κ1) is 24.8. The topological polar surface area (TPSA) is 84.6 Å². The zero-order valence-corrected chi connectivity index (χ0v) is 19.8. The molecule has 2 atom stereocenters. The van der Waals surface area contributed by atoms with Crippen molar-refractivity contribution >= 4 is 17.4 Å². The minimum absolute atomic E-state index is 0.281. The Balaban J connectivity index is 1.87. The molecule has 2 aliphatic heterocycles. The predicted molar refractivity (Wildman–Crippen MR) is 121 cm³/mol. The molecule has 1 aromatic rings. The van der Waals surface area contributed by atoms with Crippen LogP contribution in [0, 0.1) is 31.1 Å². The summed E-state index contributed by atoms with van der Waals surface area (Å²) in [5.41, 5.74) is 3.68. The number of piperidine rings is 1. The van der Waals surface area contributed by atoms with Crippen LogP contribution in [0.2, 0.25) is 0 Å². The minimum atomic E-state index is -3.17. The lowest BCUT2D eigenvalue weighted by Gasteiger charge is -2.49. The van der Waals surface area contributed by atoms with Crippen molar-refractivity contribution in [2.45, 2.75) is 65.0 Å². The van der Waals surface area contributed by atoms with Gasteiger partial charge in [-0.1, -0.05) is 18.2 Å². The number of aliphatic carboxylic acids is 1. The molecular weight excluding hydrogens is 428 g/mol. The van der Waals surface area contributed by atoms with Gasteiger partial charge in [0.2, 0.25) is 5.91 Å². The fourth-order valence-electron chi connectivity index (χ4n) is 4.89. The van der Waals surface area contributed by atoms with Gasteiger partial charge in [0.05, 0.1) is 24.1 Å². The summed E-state index contributed by atoms with van der Waals surface area (Å²) < 4.78 is 28.7. The molecule has 0 aliphatic carbocycles. The fraction of sp³-hybridized carbons (Fsp3) is 0.560. The van der Waals surface area contributed by atoms with Gasteiger partial charge in [-0.3, -0.25) is 14.5 Å². The molecule has 1 aromatic carbocycles. The molecule has 1 fully saturated rings. The number of carboxylic acids is 1. The second kappa shape index (κ2) is 8.86. The Labute approximate surface area is 193 Å². The van der Waals surface area contributed by atoms with E-state index in [0.717, 1.165) is 22.3 Å². The average Bonchev–Trinajstić information content (AvgIpc) is 2.71. The van der Waals surface area contributed by atoms with Crippen LogP contribution < -0.4 is 0 Å². The molecule has 0 bridgehead atoms. The van der Waals surface area contributed by atoms with Gasteiger partial charge in [0, 0.05) is 25.0 Å². The maximum Gasteiger partial charge on any atom is 0.308 e. The lowest BCUT2D eigenvalue weighted by atomic mass is 9.82. The number of aryl methyl sites for hydroxylation is 2. The van der Waals surface area contributed by atoms with Crippen molar-refractivity contribution in [2.24, 2.45) is 5.92 Å². The number of rotatable bonds is 3. The number of likely N-dealkylation sites (tertiary alicyclic amines) is 1. The SMILES string of the molecule is Cc1cc(C2=CCN(C(=O)[C@@H]3[C@@H](C(=O)O)CC(F)(F)CN3C(C)(C)C)CC2)cc(C)c1C#N. The molecular formula is C25H31F2N3O3. The van der Waals surface area contributed by atoms with Gasteiger partial charge in [-0.25, -0.2) is 8.78 Å².